The van der Waals surface area contributed by atoms with E-state index in [1.807, 2.05) is 31.2 Å². The van der Waals surface area contributed by atoms with Gasteiger partial charge in [0, 0.05) is 33.5 Å². The summed E-state index contributed by atoms with van der Waals surface area (Å²) in [6.07, 6.45) is 2.62. The van der Waals surface area contributed by atoms with Gasteiger partial charge in [0.15, 0.2) is 0 Å². The van der Waals surface area contributed by atoms with Gasteiger partial charge in [0.05, 0.1) is 0 Å². The first-order valence-electron chi connectivity index (χ1n) is 7.06. The standard InChI is InChI=1S/C16H15IN4O/c1-2-8-21-14(22)7-6-11-10-18-16(20-15(11)21)19-13-5-3-4-12(17)9-13/h3-7,9-10H,2,8H2,1H3,(H,18,19,20). The Kier molecular flexibility index (Phi) is 4.37. The Morgan fingerprint density at radius 3 is 2.91 bits per heavy atom. The van der Waals surface area contributed by atoms with Crippen molar-refractivity contribution < 1.29 is 0 Å². The van der Waals surface area contributed by atoms with E-state index in [2.05, 4.69) is 37.9 Å². The molecule has 3 aromatic rings. The van der Waals surface area contributed by atoms with Crippen LogP contribution in [0.2, 0.25) is 0 Å². The van der Waals surface area contributed by atoms with Crippen LogP contribution in [-0.4, -0.2) is 14.5 Å². The fraction of sp³-hybridized carbons (Fsp3) is 0.188. The molecule has 0 unspecified atom stereocenters. The highest BCUT2D eigenvalue weighted by Gasteiger charge is 2.06. The number of hydrogen-bond donors (Lipinski definition) is 1. The van der Waals surface area contributed by atoms with Crippen LogP contribution in [0.3, 0.4) is 0 Å². The van der Waals surface area contributed by atoms with E-state index in [0.29, 0.717) is 18.1 Å². The van der Waals surface area contributed by atoms with E-state index >= 15 is 0 Å². The highest BCUT2D eigenvalue weighted by atomic mass is 127. The van der Waals surface area contributed by atoms with Crippen LogP contribution < -0.4 is 10.9 Å². The van der Waals surface area contributed by atoms with Crippen LogP contribution >= 0.6 is 22.6 Å². The second kappa shape index (κ2) is 6.43. The fourth-order valence-corrected chi connectivity index (χ4v) is 2.81. The molecule has 2 heterocycles. The first-order chi connectivity index (χ1) is 10.7. The van der Waals surface area contributed by atoms with Gasteiger partial charge in [-0.3, -0.25) is 9.36 Å². The second-order valence-electron chi connectivity index (χ2n) is 4.93. The molecule has 0 saturated heterocycles. The summed E-state index contributed by atoms with van der Waals surface area (Å²) in [5, 5.41) is 4.05. The number of pyridine rings is 1. The molecule has 0 amide bonds. The largest absolute Gasteiger partial charge is 0.324 e. The quantitative estimate of drug-likeness (QED) is 0.674. The molecular formula is C16H15IN4O. The molecule has 0 aliphatic heterocycles. The summed E-state index contributed by atoms with van der Waals surface area (Å²) in [6.45, 7) is 2.69. The topological polar surface area (TPSA) is 59.8 Å². The Balaban J connectivity index is 2.04. The Hall–Kier alpha value is -1.96. The maximum atomic E-state index is 12.0. The number of aryl methyl sites for hydroxylation is 1. The van der Waals surface area contributed by atoms with Crippen LogP contribution in [0.1, 0.15) is 13.3 Å². The van der Waals surface area contributed by atoms with Crippen molar-refractivity contribution in [2.75, 3.05) is 5.32 Å². The van der Waals surface area contributed by atoms with Crippen molar-refractivity contribution in [1.29, 1.82) is 0 Å². The molecule has 0 saturated carbocycles. The molecular weight excluding hydrogens is 391 g/mol. The van der Waals surface area contributed by atoms with Crippen molar-refractivity contribution >= 4 is 45.3 Å². The van der Waals surface area contributed by atoms with Gasteiger partial charge < -0.3 is 5.32 Å². The number of halogens is 1. The van der Waals surface area contributed by atoms with Crippen molar-refractivity contribution in [1.82, 2.24) is 14.5 Å². The molecule has 0 spiro atoms. The first kappa shape index (κ1) is 15.0. The van der Waals surface area contributed by atoms with Gasteiger partial charge in [0.2, 0.25) is 5.95 Å². The number of benzene rings is 1. The minimum Gasteiger partial charge on any atom is -0.324 e. The number of hydrogen-bond acceptors (Lipinski definition) is 4. The summed E-state index contributed by atoms with van der Waals surface area (Å²) < 4.78 is 2.82. The van der Waals surface area contributed by atoms with Crippen LogP contribution in [0.4, 0.5) is 11.6 Å². The van der Waals surface area contributed by atoms with Crippen molar-refractivity contribution in [2.24, 2.45) is 0 Å². The molecule has 0 aliphatic rings. The molecule has 2 aromatic heterocycles. The van der Waals surface area contributed by atoms with Gasteiger partial charge in [0.25, 0.3) is 5.56 Å². The molecule has 6 heteroatoms. The lowest BCUT2D eigenvalue weighted by Crippen LogP contribution is -2.20. The number of fused-ring (bicyclic) bond motifs is 1. The van der Waals surface area contributed by atoms with E-state index in [1.165, 1.54) is 0 Å². The molecule has 0 bridgehead atoms. The SMILES string of the molecule is CCCn1c(=O)ccc2cnc(Nc3cccc(I)c3)nc21. The monoisotopic (exact) mass is 406 g/mol. The van der Waals surface area contributed by atoms with E-state index in [0.717, 1.165) is 21.1 Å². The average Bonchev–Trinajstić information content (AvgIpc) is 2.50. The zero-order chi connectivity index (χ0) is 15.5. The number of anilines is 2. The van der Waals surface area contributed by atoms with Gasteiger partial charge in [-0.15, -0.1) is 0 Å². The Bertz CT molecular complexity index is 875. The van der Waals surface area contributed by atoms with Gasteiger partial charge in [-0.2, -0.15) is 4.98 Å². The van der Waals surface area contributed by atoms with Crippen molar-refractivity contribution in [2.45, 2.75) is 19.9 Å². The lowest BCUT2D eigenvalue weighted by atomic mass is 10.3. The molecule has 22 heavy (non-hydrogen) atoms. The van der Waals surface area contributed by atoms with Crippen LogP contribution in [-0.2, 0) is 6.54 Å². The summed E-state index contributed by atoms with van der Waals surface area (Å²) in [4.78, 5) is 20.9. The predicted octanol–water partition coefficient (Wildman–Crippen LogP) is 3.55. The molecule has 0 fully saturated rings. The highest BCUT2D eigenvalue weighted by molar-refractivity contribution is 14.1. The normalized spacial score (nSPS) is 10.8. The van der Waals surface area contributed by atoms with Gasteiger partial charge in [-0.25, -0.2) is 4.98 Å². The Labute approximate surface area is 141 Å². The Morgan fingerprint density at radius 2 is 2.14 bits per heavy atom. The number of nitrogens with zero attached hydrogens (tertiary/aromatic N) is 3. The van der Waals surface area contributed by atoms with Crippen molar-refractivity contribution in [3.63, 3.8) is 0 Å². The minimum absolute atomic E-state index is 0.0340. The third-order valence-corrected chi connectivity index (χ3v) is 3.92. The number of nitrogens with one attached hydrogen (secondary N) is 1. The number of rotatable bonds is 4. The molecule has 5 nitrogen and oxygen atoms in total. The molecule has 3 rings (SSSR count). The summed E-state index contributed by atoms with van der Waals surface area (Å²) in [6, 6.07) is 11.3. The third-order valence-electron chi connectivity index (χ3n) is 3.25. The average molecular weight is 406 g/mol. The molecule has 1 aromatic carbocycles. The number of aromatic nitrogens is 3. The zero-order valence-electron chi connectivity index (χ0n) is 12.1. The molecule has 0 radical (unpaired) electrons. The smallest absolute Gasteiger partial charge is 0.252 e. The lowest BCUT2D eigenvalue weighted by molar-refractivity contribution is 0.671. The van der Waals surface area contributed by atoms with E-state index in [-0.39, 0.29) is 5.56 Å². The molecule has 112 valence electrons. The van der Waals surface area contributed by atoms with Crippen LogP contribution in [0.15, 0.2) is 47.4 Å². The highest BCUT2D eigenvalue weighted by Crippen LogP contribution is 2.17. The van der Waals surface area contributed by atoms with Crippen molar-refractivity contribution in [3.05, 3.63) is 56.5 Å². The van der Waals surface area contributed by atoms with Gasteiger partial charge in [-0.1, -0.05) is 13.0 Å². The minimum atomic E-state index is -0.0340. The second-order valence-corrected chi connectivity index (χ2v) is 6.18. The Morgan fingerprint density at radius 1 is 1.27 bits per heavy atom. The van der Waals surface area contributed by atoms with Crippen LogP contribution in [0.25, 0.3) is 11.0 Å². The van der Waals surface area contributed by atoms with Gasteiger partial charge in [-0.05, 0) is 53.3 Å². The fourth-order valence-electron chi connectivity index (χ4n) is 2.27. The maximum absolute atomic E-state index is 12.0. The van der Waals surface area contributed by atoms with Gasteiger partial charge >= 0.3 is 0 Å². The lowest BCUT2D eigenvalue weighted by Gasteiger charge is -2.10. The zero-order valence-corrected chi connectivity index (χ0v) is 14.2. The van der Waals surface area contributed by atoms with E-state index < -0.39 is 0 Å². The third kappa shape index (κ3) is 3.11. The molecule has 0 atom stereocenters. The van der Waals surface area contributed by atoms with Crippen LogP contribution in [0, 0.1) is 3.57 Å². The first-order valence-corrected chi connectivity index (χ1v) is 8.14. The van der Waals surface area contributed by atoms with Crippen LogP contribution in [0.5, 0.6) is 0 Å². The predicted molar refractivity (Wildman–Crippen MR) is 96.5 cm³/mol. The summed E-state index contributed by atoms with van der Waals surface area (Å²) in [5.41, 5.74) is 1.55. The van der Waals surface area contributed by atoms with E-state index in [1.54, 1.807) is 22.9 Å². The summed E-state index contributed by atoms with van der Waals surface area (Å²) in [5.74, 6) is 0.491. The van der Waals surface area contributed by atoms with E-state index in [9.17, 15) is 4.79 Å². The van der Waals surface area contributed by atoms with E-state index in [4.69, 9.17) is 0 Å². The van der Waals surface area contributed by atoms with Gasteiger partial charge in [0.1, 0.15) is 5.65 Å². The van der Waals surface area contributed by atoms with Crippen molar-refractivity contribution in [3.8, 4) is 0 Å². The summed E-state index contributed by atoms with van der Waals surface area (Å²) >= 11 is 2.26. The molecule has 0 aliphatic carbocycles. The summed E-state index contributed by atoms with van der Waals surface area (Å²) in [7, 11) is 0. The maximum Gasteiger partial charge on any atom is 0.252 e. The molecule has 1 N–H and O–H groups in total.